The van der Waals surface area contributed by atoms with Gasteiger partial charge in [0.25, 0.3) is 5.91 Å². The maximum Gasteiger partial charge on any atom is 0.258 e. The number of rotatable bonds is 1. The van der Waals surface area contributed by atoms with Crippen molar-refractivity contribution in [1.29, 1.82) is 0 Å². The number of hydrogen-bond donors (Lipinski definition) is 2. The number of amides is 2. The van der Waals surface area contributed by atoms with Gasteiger partial charge in [-0.25, -0.2) is 0 Å². The molecule has 4 atom stereocenters. The highest BCUT2D eigenvalue weighted by molar-refractivity contribution is 6.00. The number of nitrogens with zero attached hydrogens (tertiary/aromatic N) is 2. The van der Waals surface area contributed by atoms with Gasteiger partial charge in [-0.05, 0) is 48.9 Å². The molecule has 3 aliphatic heterocycles. The number of benzene rings is 2. The summed E-state index contributed by atoms with van der Waals surface area (Å²) in [5, 5.41) is 13.5. The van der Waals surface area contributed by atoms with Crippen molar-refractivity contribution in [3.8, 4) is 5.75 Å². The molecule has 1 aliphatic carbocycles. The predicted octanol–water partition coefficient (Wildman–Crippen LogP) is 1.79. The van der Waals surface area contributed by atoms with Crippen molar-refractivity contribution in [1.82, 2.24) is 15.1 Å². The zero-order valence-corrected chi connectivity index (χ0v) is 21.1. The Kier molecular flexibility index (Phi) is 6.88. The molecule has 2 N–H and O–H groups in total. The third kappa shape index (κ3) is 4.98. The van der Waals surface area contributed by atoms with Crippen LogP contribution in [0, 0.1) is 0 Å². The van der Waals surface area contributed by atoms with Gasteiger partial charge < -0.3 is 24.8 Å². The molecule has 2 saturated heterocycles. The van der Waals surface area contributed by atoms with Crippen LogP contribution in [0.4, 0.5) is 0 Å². The Morgan fingerprint density at radius 3 is 2.49 bits per heavy atom. The Hall–Kier alpha value is -2.94. The molecule has 8 nitrogen and oxygen atoms in total. The van der Waals surface area contributed by atoms with Gasteiger partial charge in [0.2, 0.25) is 5.91 Å². The third-order valence-electron chi connectivity index (χ3n) is 8.39. The quantitative estimate of drug-likeness (QED) is 0.614. The van der Waals surface area contributed by atoms with Crippen LogP contribution in [0.15, 0.2) is 48.5 Å². The second-order valence-corrected chi connectivity index (χ2v) is 10.7. The van der Waals surface area contributed by atoms with E-state index < -0.39 is 18.2 Å². The highest BCUT2D eigenvalue weighted by Gasteiger charge is 2.40. The summed E-state index contributed by atoms with van der Waals surface area (Å²) in [6.45, 7) is 2.28. The summed E-state index contributed by atoms with van der Waals surface area (Å²) in [5.41, 5.74) is 3.22. The standard InChI is InChI=1S/C29H35N3O5/c33-25-10-9-22-11-14-36-26-8-4-3-7-23(26)29(35)32-13-12-31(18-24(32)28(34)30-17-27(25)37-22)21-15-19-5-1-2-6-20(19)16-21/h1-8,21-22,24-25,27,33H,9-18H2,(H,30,34)/t22-,24-,25-,27+/m0/s1. The molecule has 2 aromatic carbocycles. The van der Waals surface area contributed by atoms with E-state index in [1.54, 1.807) is 11.0 Å². The van der Waals surface area contributed by atoms with Crippen molar-refractivity contribution in [2.24, 2.45) is 0 Å². The highest BCUT2D eigenvalue weighted by atomic mass is 16.5. The minimum absolute atomic E-state index is 0.0539. The zero-order valence-electron chi connectivity index (χ0n) is 21.1. The molecule has 196 valence electrons. The average Bonchev–Trinajstić information content (AvgIpc) is 3.37. The average molecular weight is 506 g/mol. The van der Waals surface area contributed by atoms with E-state index in [9.17, 15) is 14.7 Å². The fraction of sp³-hybridized carbons (Fsp3) is 0.517. The lowest BCUT2D eigenvalue weighted by Crippen LogP contribution is -2.63. The highest BCUT2D eigenvalue weighted by Crippen LogP contribution is 2.29. The van der Waals surface area contributed by atoms with Crippen molar-refractivity contribution in [2.75, 3.05) is 32.8 Å². The van der Waals surface area contributed by atoms with E-state index in [-0.39, 0.29) is 24.5 Å². The summed E-state index contributed by atoms with van der Waals surface area (Å²) < 4.78 is 12.2. The predicted molar refractivity (Wildman–Crippen MR) is 138 cm³/mol. The number of aliphatic hydroxyl groups excluding tert-OH is 1. The van der Waals surface area contributed by atoms with Crippen LogP contribution in [0.3, 0.4) is 0 Å². The molecular weight excluding hydrogens is 470 g/mol. The Morgan fingerprint density at radius 1 is 0.919 bits per heavy atom. The fourth-order valence-corrected chi connectivity index (χ4v) is 6.29. The number of nitrogens with one attached hydrogen (secondary N) is 1. The number of piperazine rings is 1. The first-order chi connectivity index (χ1) is 18.1. The molecule has 0 radical (unpaired) electrons. The van der Waals surface area contributed by atoms with E-state index in [4.69, 9.17) is 9.47 Å². The number of carbonyl (C=O) groups excluding carboxylic acids is 2. The summed E-state index contributed by atoms with van der Waals surface area (Å²) in [6, 6.07) is 15.5. The molecule has 6 rings (SSSR count). The lowest BCUT2D eigenvalue weighted by molar-refractivity contribution is -0.135. The van der Waals surface area contributed by atoms with Crippen LogP contribution in [0.25, 0.3) is 0 Å². The van der Waals surface area contributed by atoms with Crippen molar-refractivity contribution < 1.29 is 24.2 Å². The number of fused-ring (bicyclic) bond motifs is 5. The zero-order chi connectivity index (χ0) is 25.4. The smallest absolute Gasteiger partial charge is 0.258 e. The van der Waals surface area contributed by atoms with Crippen molar-refractivity contribution in [3.05, 3.63) is 65.2 Å². The number of ether oxygens (including phenoxy) is 2. The van der Waals surface area contributed by atoms with Crippen LogP contribution in [-0.2, 0) is 22.4 Å². The number of carbonyl (C=O) groups is 2. The normalized spacial score (nSPS) is 29.4. The molecule has 2 amide bonds. The van der Waals surface area contributed by atoms with E-state index in [0.717, 1.165) is 19.3 Å². The number of hydrogen-bond acceptors (Lipinski definition) is 6. The Bertz CT molecular complexity index is 1130. The van der Waals surface area contributed by atoms with Gasteiger partial charge in [-0.15, -0.1) is 0 Å². The lowest BCUT2D eigenvalue weighted by Gasteiger charge is -2.43. The molecular formula is C29H35N3O5. The molecule has 2 bridgehead atoms. The molecule has 37 heavy (non-hydrogen) atoms. The van der Waals surface area contributed by atoms with Crippen molar-refractivity contribution in [2.45, 2.75) is 62.5 Å². The maximum absolute atomic E-state index is 13.8. The van der Waals surface area contributed by atoms with Gasteiger partial charge >= 0.3 is 0 Å². The van der Waals surface area contributed by atoms with Gasteiger partial charge in [-0.2, -0.15) is 0 Å². The summed E-state index contributed by atoms with van der Waals surface area (Å²) in [5.74, 6) is 0.144. The van der Waals surface area contributed by atoms with E-state index >= 15 is 0 Å². The molecule has 0 saturated carbocycles. The van der Waals surface area contributed by atoms with E-state index in [1.165, 1.54) is 11.1 Å². The third-order valence-corrected chi connectivity index (χ3v) is 8.39. The Labute approximate surface area is 217 Å². The maximum atomic E-state index is 13.8. The van der Waals surface area contributed by atoms with Gasteiger partial charge in [0.15, 0.2) is 0 Å². The second kappa shape index (κ2) is 10.4. The van der Waals surface area contributed by atoms with Crippen molar-refractivity contribution >= 4 is 11.8 Å². The van der Waals surface area contributed by atoms with Gasteiger partial charge in [-0.1, -0.05) is 36.4 Å². The summed E-state index contributed by atoms with van der Waals surface area (Å²) in [6.07, 6.45) is 2.80. The van der Waals surface area contributed by atoms with Crippen LogP contribution < -0.4 is 10.1 Å². The molecule has 8 heteroatoms. The molecule has 2 fully saturated rings. The fourth-order valence-electron chi connectivity index (χ4n) is 6.29. The topological polar surface area (TPSA) is 91.3 Å². The summed E-state index contributed by atoms with van der Waals surface area (Å²) >= 11 is 0. The van der Waals surface area contributed by atoms with Crippen LogP contribution >= 0.6 is 0 Å². The van der Waals surface area contributed by atoms with Crippen LogP contribution in [0.2, 0.25) is 0 Å². The number of para-hydroxylation sites is 1. The van der Waals surface area contributed by atoms with Crippen molar-refractivity contribution in [3.63, 3.8) is 0 Å². The molecule has 0 aromatic heterocycles. The molecule has 0 unspecified atom stereocenters. The van der Waals surface area contributed by atoms with E-state index in [0.29, 0.717) is 56.4 Å². The second-order valence-electron chi connectivity index (χ2n) is 10.7. The van der Waals surface area contributed by atoms with Crippen LogP contribution in [0.5, 0.6) is 5.75 Å². The van der Waals surface area contributed by atoms with E-state index in [2.05, 4.69) is 34.5 Å². The largest absolute Gasteiger partial charge is 0.493 e. The van der Waals surface area contributed by atoms with Gasteiger partial charge in [0.1, 0.15) is 17.9 Å². The Morgan fingerprint density at radius 2 is 1.68 bits per heavy atom. The Balaban J connectivity index is 1.27. The molecule has 0 spiro atoms. The van der Waals surface area contributed by atoms with E-state index in [1.807, 2.05) is 18.2 Å². The van der Waals surface area contributed by atoms with Gasteiger partial charge in [-0.3, -0.25) is 14.5 Å². The first-order valence-electron chi connectivity index (χ1n) is 13.5. The van der Waals surface area contributed by atoms with Gasteiger partial charge in [0.05, 0.1) is 24.4 Å². The monoisotopic (exact) mass is 505 g/mol. The molecule has 2 aromatic rings. The first kappa shape index (κ1) is 24.4. The van der Waals surface area contributed by atoms with Crippen LogP contribution in [-0.4, -0.2) is 89.9 Å². The first-order valence-corrected chi connectivity index (χ1v) is 13.5. The van der Waals surface area contributed by atoms with Gasteiger partial charge in [0, 0.05) is 38.6 Å². The molecule has 3 heterocycles. The molecule has 4 aliphatic rings. The lowest BCUT2D eigenvalue weighted by atomic mass is 9.99. The minimum atomic E-state index is -0.641. The summed E-state index contributed by atoms with van der Waals surface area (Å²) in [4.78, 5) is 31.5. The van der Waals surface area contributed by atoms with Crippen LogP contribution in [0.1, 0.15) is 40.7 Å². The SMILES string of the molecule is O=C1NC[C@H]2O[C@H](CCOc3ccccc3C(=O)N3CCN(C4Cc5ccccc5C4)C[C@@H]13)CC[C@@H]2O. The summed E-state index contributed by atoms with van der Waals surface area (Å²) in [7, 11) is 0. The minimum Gasteiger partial charge on any atom is -0.493 e. The number of aliphatic hydroxyl groups is 1.